The Balaban J connectivity index is 2.43. The molecule has 3 heteroatoms. The van der Waals surface area contributed by atoms with Gasteiger partial charge >= 0.3 is 0 Å². The highest BCUT2D eigenvalue weighted by atomic mass is 32.1. The Hall–Kier alpha value is -1.44. The van der Waals surface area contributed by atoms with E-state index in [-0.39, 0.29) is 0 Å². The normalized spacial score (nSPS) is 13.8. The molecule has 0 bridgehead atoms. The lowest BCUT2D eigenvalue weighted by atomic mass is 10.1. The Kier molecular flexibility index (Phi) is 1.97. The van der Waals surface area contributed by atoms with Crippen molar-refractivity contribution in [1.82, 2.24) is 4.90 Å². The van der Waals surface area contributed by atoms with Crippen LogP contribution >= 0.6 is 12.2 Å². The maximum atomic E-state index is 10.2. The van der Waals surface area contributed by atoms with Crippen LogP contribution in [-0.4, -0.2) is 15.8 Å². The van der Waals surface area contributed by atoms with E-state index in [1.54, 1.807) is 10.8 Å². The lowest BCUT2D eigenvalue weighted by molar-refractivity contribution is 0.549. The number of rotatable bonds is 1. The molecular weight excluding hydrogens is 182 g/mol. The van der Waals surface area contributed by atoms with E-state index in [4.69, 9.17) is 12.2 Å². The van der Waals surface area contributed by atoms with Crippen LogP contribution in [-0.2, 0) is 11.3 Å². The molecule has 1 aromatic rings. The monoisotopic (exact) mass is 189 g/mol. The standard InChI is InChI=1S/C10H7NOS/c12-6-5-11-7-8-3-1-2-4-9(8)10(11)13/h1-5H,7H2. The summed E-state index contributed by atoms with van der Waals surface area (Å²) in [6.07, 6.45) is 1.35. The zero-order valence-electron chi connectivity index (χ0n) is 6.86. The Morgan fingerprint density at radius 1 is 1.46 bits per heavy atom. The maximum absolute atomic E-state index is 10.2. The summed E-state index contributed by atoms with van der Waals surface area (Å²) in [7, 11) is 0. The predicted octanol–water partition coefficient (Wildman–Crippen LogP) is 1.52. The van der Waals surface area contributed by atoms with E-state index >= 15 is 0 Å². The minimum absolute atomic E-state index is 0.685. The molecule has 0 saturated heterocycles. The van der Waals surface area contributed by atoms with Gasteiger partial charge < -0.3 is 4.90 Å². The second-order valence-corrected chi connectivity index (χ2v) is 3.22. The van der Waals surface area contributed by atoms with Gasteiger partial charge in [-0.1, -0.05) is 36.5 Å². The van der Waals surface area contributed by atoms with Crippen molar-refractivity contribution in [2.45, 2.75) is 6.54 Å². The summed E-state index contributed by atoms with van der Waals surface area (Å²) in [5, 5.41) is 0. The number of nitrogens with zero attached hydrogens (tertiary/aromatic N) is 1. The van der Waals surface area contributed by atoms with Crippen LogP contribution in [0.4, 0.5) is 0 Å². The van der Waals surface area contributed by atoms with Gasteiger partial charge in [0.15, 0.2) is 0 Å². The summed E-state index contributed by atoms with van der Waals surface area (Å²) in [6, 6.07) is 7.89. The molecule has 1 heterocycles. The highest BCUT2D eigenvalue weighted by Crippen LogP contribution is 2.22. The van der Waals surface area contributed by atoms with Crippen molar-refractivity contribution in [2.24, 2.45) is 0 Å². The summed E-state index contributed by atoms with van der Waals surface area (Å²) >= 11 is 5.18. The summed E-state index contributed by atoms with van der Waals surface area (Å²) in [6.45, 7) is 0.685. The maximum Gasteiger partial charge on any atom is 0.142 e. The molecule has 0 fully saturated rings. The minimum Gasteiger partial charge on any atom is -0.325 e. The number of thiocarbonyl (C=S) groups is 1. The molecule has 1 aromatic carbocycles. The van der Waals surface area contributed by atoms with Gasteiger partial charge in [-0.3, -0.25) is 0 Å². The fourth-order valence-corrected chi connectivity index (χ4v) is 1.76. The molecule has 0 unspecified atom stereocenters. The minimum atomic E-state index is 0.685. The molecule has 0 aromatic heterocycles. The summed E-state index contributed by atoms with van der Waals surface area (Å²) in [5.41, 5.74) is 2.21. The summed E-state index contributed by atoms with van der Waals surface area (Å²) in [5.74, 6) is 1.74. The first kappa shape index (κ1) is 8.17. The van der Waals surface area contributed by atoms with Crippen molar-refractivity contribution in [2.75, 3.05) is 0 Å². The second-order valence-electron chi connectivity index (χ2n) is 2.84. The van der Waals surface area contributed by atoms with Crippen molar-refractivity contribution in [1.29, 1.82) is 0 Å². The molecule has 2 rings (SSSR count). The van der Waals surface area contributed by atoms with Gasteiger partial charge in [0.2, 0.25) is 0 Å². The molecule has 0 radical (unpaired) electrons. The van der Waals surface area contributed by atoms with E-state index in [1.165, 1.54) is 11.8 Å². The molecule has 64 valence electrons. The Morgan fingerprint density at radius 2 is 2.23 bits per heavy atom. The highest BCUT2D eigenvalue weighted by molar-refractivity contribution is 7.80. The molecule has 0 N–H and O–H groups in total. The Morgan fingerprint density at radius 3 is 2.92 bits per heavy atom. The van der Waals surface area contributed by atoms with Gasteiger partial charge in [0.25, 0.3) is 0 Å². The molecule has 2 nitrogen and oxygen atoms in total. The van der Waals surface area contributed by atoms with Gasteiger partial charge in [-0.2, -0.15) is 0 Å². The van der Waals surface area contributed by atoms with Crippen molar-refractivity contribution in [3.63, 3.8) is 0 Å². The largest absolute Gasteiger partial charge is 0.325 e. The van der Waals surface area contributed by atoms with Crippen molar-refractivity contribution in [3.8, 4) is 0 Å². The SMILES string of the molecule is O=C=CN1Cc2ccccc2C1=S. The lowest BCUT2D eigenvalue weighted by Gasteiger charge is -2.08. The third kappa shape index (κ3) is 1.28. The van der Waals surface area contributed by atoms with E-state index < -0.39 is 0 Å². The molecular formula is C10H7NOS. The van der Waals surface area contributed by atoms with Gasteiger partial charge in [0.1, 0.15) is 10.9 Å². The summed E-state index contributed by atoms with van der Waals surface area (Å²) in [4.78, 5) is 12.6. The van der Waals surface area contributed by atoms with Gasteiger partial charge in [0.05, 0.1) is 6.20 Å². The molecule has 0 aliphatic carbocycles. The van der Waals surface area contributed by atoms with Gasteiger partial charge in [-0.05, 0) is 5.56 Å². The van der Waals surface area contributed by atoms with Crippen LogP contribution in [0.3, 0.4) is 0 Å². The first-order valence-electron chi connectivity index (χ1n) is 3.93. The molecule has 0 spiro atoms. The van der Waals surface area contributed by atoms with Crippen LogP contribution in [0.15, 0.2) is 30.5 Å². The van der Waals surface area contributed by atoms with Gasteiger partial charge in [-0.25, -0.2) is 4.79 Å². The third-order valence-electron chi connectivity index (χ3n) is 2.06. The van der Waals surface area contributed by atoms with Crippen molar-refractivity contribution < 1.29 is 4.79 Å². The first-order valence-corrected chi connectivity index (χ1v) is 4.33. The third-order valence-corrected chi connectivity index (χ3v) is 2.51. The fraction of sp³-hybridized carbons (Fsp3) is 0.100. The zero-order valence-corrected chi connectivity index (χ0v) is 7.67. The van der Waals surface area contributed by atoms with Crippen molar-refractivity contribution >= 4 is 23.1 Å². The number of carbonyl (C=O) groups excluding carboxylic acids is 1. The topological polar surface area (TPSA) is 20.3 Å². The van der Waals surface area contributed by atoms with E-state index in [0.29, 0.717) is 11.5 Å². The fourth-order valence-electron chi connectivity index (χ4n) is 1.44. The van der Waals surface area contributed by atoms with Crippen LogP contribution in [0, 0.1) is 0 Å². The zero-order chi connectivity index (χ0) is 9.26. The second kappa shape index (κ2) is 3.13. The van der Waals surface area contributed by atoms with Gasteiger partial charge in [-0.15, -0.1) is 0 Å². The van der Waals surface area contributed by atoms with Crippen LogP contribution < -0.4 is 0 Å². The quantitative estimate of drug-likeness (QED) is 0.493. The number of hydrogen-bond acceptors (Lipinski definition) is 2. The van der Waals surface area contributed by atoms with Crippen LogP contribution in [0.1, 0.15) is 11.1 Å². The van der Waals surface area contributed by atoms with E-state index in [2.05, 4.69) is 0 Å². The van der Waals surface area contributed by atoms with Crippen LogP contribution in [0.25, 0.3) is 0 Å². The number of hydrogen-bond donors (Lipinski definition) is 0. The molecule has 1 aliphatic rings. The molecule has 0 amide bonds. The number of benzene rings is 1. The summed E-state index contributed by atoms with van der Waals surface area (Å²) < 4.78 is 0. The Labute approximate surface area is 81.5 Å². The van der Waals surface area contributed by atoms with Gasteiger partial charge in [0, 0.05) is 12.1 Å². The molecule has 0 saturated carbocycles. The lowest BCUT2D eigenvalue weighted by Crippen LogP contribution is -2.15. The Bertz CT molecular complexity index is 407. The highest BCUT2D eigenvalue weighted by Gasteiger charge is 2.21. The average molecular weight is 189 g/mol. The van der Waals surface area contributed by atoms with E-state index in [9.17, 15) is 4.79 Å². The molecule has 13 heavy (non-hydrogen) atoms. The smallest absolute Gasteiger partial charge is 0.142 e. The molecule has 1 aliphatic heterocycles. The van der Waals surface area contributed by atoms with E-state index in [0.717, 1.165) is 5.56 Å². The van der Waals surface area contributed by atoms with Crippen LogP contribution in [0.5, 0.6) is 0 Å². The van der Waals surface area contributed by atoms with Crippen molar-refractivity contribution in [3.05, 3.63) is 41.6 Å². The van der Waals surface area contributed by atoms with Crippen LogP contribution in [0.2, 0.25) is 0 Å². The predicted molar refractivity (Wildman–Crippen MR) is 53.9 cm³/mol. The molecule has 0 atom stereocenters. The number of fused-ring (bicyclic) bond motifs is 1. The average Bonchev–Trinajstić information content (AvgIpc) is 2.46. The van der Waals surface area contributed by atoms with E-state index in [1.807, 2.05) is 24.3 Å². The first-order chi connectivity index (χ1) is 6.33.